The number of aromatic amines is 1. The van der Waals surface area contributed by atoms with E-state index in [0.29, 0.717) is 5.69 Å². The van der Waals surface area contributed by atoms with E-state index in [2.05, 4.69) is 9.72 Å². The molecular formula is C8H8ClNO3. The molecule has 0 unspecified atom stereocenters. The minimum atomic E-state index is -0.557. The lowest BCUT2D eigenvalue weighted by Crippen LogP contribution is -2.13. The maximum atomic E-state index is 11.1. The van der Waals surface area contributed by atoms with Gasteiger partial charge in [-0.15, -0.1) is 0 Å². The standard InChI is InChI=1S/C8H8ClNO3/c1-4-7(8(12)13-2)5(9)3-6(11)10-4/h3H,1-2H3,(H,10,11). The van der Waals surface area contributed by atoms with Gasteiger partial charge in [0.25, 0.3) is 0 Å². The van der Waals surface area contributed by atoms with Crippen molar-refractivity contribution in [3.63, 3.8) is 0 Å². The van der Waals surface area contributed by atoms with E-state index in [1.165, 1.54) is 7.11 Å². The van der Waals surface area contributed by atoms with Crippen LogP contribution in [0.1, 0.15) is 16.1 Å². The SMILES string of the molecule is COC(=O)c1c(Cl)cc(=O)[nH]c1C. The Labute approximate surface area is 79.5 Å². The predicted octanol–water partition coefficient (Wildman–Crippen LogP) is 1.12. The highest BCUT2D eigenvalue weighted by Gasteiger charge is 2.14. The Hall–Kier alpha value is -1.29. The number of aryl methyl sites for hydroxylation is 1. The molecule has 1 aromatic heterocycles. The van der Waals surface area contributed by atoms with E-state index in [1.807, 2.05) is 0 Å². The largest absolute Gasteiger partial charge is 0.465 e. The summed E-state index contributed by atoms with van der Waals surface area (Å²) in [5.74, 6) is -0.557. The molecule has 13 heavy (non-hydrogen) atoms. The van der Waals surface area contributed by atoms with Crippen LogP contribution in [0.2, 0.25) is 5.02 Å². The number of nitrogens with one attached hydrogen (secondary N) is 1. The van der Waals surface area contributed by atoms with Crippen LogP contribution in [-0.2, 0) is 4.74 Å². The van der Waals surface area contributed by atoms with Gasteiger partial charge in [0.1, 0.15) is 0 Å². The van der Waals surface area contributed by atoms with Crippen molar-refractivity contribution < 1.29 is 9.53 Å². The highest BCUT2D eigenvalue weighted by Crippen LogP contribution is 2.16. The summed E-state index contributed by atoms with van der Waals surface area (Å²) in [6.07, 6.45) is 0. The van der Waals surface area contributed by atoms with Gasteiger partial charge in [0.2, 0.25) is 5.56 Å². The fraction of sp³-hybridized carbons (Fsp3) is 0.250. The molecule has 0 aliphatic carbocycles. The van der Waals surface area contributed by atoms with Gasteiger partial charge in [0.05, 0.1) is 17.7 Å². The Balaban J connectivity index is 3.37. The first-order valence-electron chi connectivity index (χ1n) is 3.54. The fourth-order valence-electron chi connectivity index (χ4n) is 1.00. The third-order valence-corrected chi connectivity index (χ3v) is 1.87. The molecule has 0 aliphatic heterocycles. The van der Waals surface area contributed by atoms with Crippen molar-refractivity contribution in [3.05, 3.63) is 32.7 Å². The molecule has 0 aliphatic rings. The Morgan fingerprint density at radius 1 is 1.62 bits per heavy atom. The molecular weight excluding hydrogens is 194 g/mol. The van der Waals surface area contributed by atoms with Crippen molar-refractivity contribution in [1.82, 2.24) is 4.98 Å². The average molecular weight is 202 g/mol. The number of carbonyl (C=O) groups is 1. The van der Waals surface area contributed by atoms with Crippen LogP contribution >= 0.6 is 11.6 Å². The van der Waals surface area contributed by atoms with Gasteiger partial charge in [-0.25, -0.2) is 4.79 Å². The highest BCUT2D eigenvalue weighted by molar-refractivity contribution is 6.33. The van der Waals surface area contributed by atoms with Crippen LogP contribution in [0.5, 0.6) is 0 Å². The van der Waals surface area contributed by atoms with Crippen LogP contribution in [0.3, 0.4) is 0 Å². The summed E-state index contributed by atoms with van der Waals surface area (Å²) in [7, 11) is 1.25. The van der Waals surface area contributed by atoms with E-state index < -0.39 is 5.97 Å². The van der Waals surface area contributed by atoms with Crippen LogP contribution in [0, 0.1) is 6.92 Å². The van der Waals surface area contributed by atoms with Crippen molar-refractivity contribution in [3.8, 4) is 0 Å². The monoisotopic (exact) mass is 201 g/mol. The first-order chi connectivity index (χ1) is 6.06. The number of H-pyrrole nitrogens is 1. The smallest absolute Gasteiger partial charge is 0.341 e. The number of methoxy groups -OCH3 is 1. The van der Waals surface area contributed by atoms with Gasteiger partial charge in [-0.05, 0) is 6.92 Å². The van der Waals surface area contributed by atoms with Gasteiger partial charge in [0, 0.05) is 11.8 Å². The molecule has 0 amide bonds. The molecule has 0 radical (unpaired) electrons. The molecule has 1 heterocycles. The zero-order chi connectivity index (χ0) is 10.0. The van der Waals surface area contributed by atoms with E-state index in [1.54, 1.807) is 6.92 Å². The number of halogens is 1. The fourth-order valence-corrected chi connectivity index (χ4v) is 1.32. The minimum Gasteiger partial charge on any atom is -0.465 e. The Bertz CT molecular complexity index is 371. The molecule has 1 rings (SSSR count). The number of pyridine rings is 1. The molecule has 0 bridgehead atoms. The quantitative estimate of drug-likeness (QED) is 0.693. The van der Waals surface area contributed by atoms with Crippen LogP contribution in [0.25, 0.3) is 0 Å². The first kappa shape index (κ1) is 9.80. The topological polar surface area (TPSA) is 59.2 Å². The van der Waals surface area contributed by atoms with E-state index >= 15 is 0 Å². The number of hydrogen-bond acceptors (Lipinski definition) is 3. The number of ether oxygens (including phenoxy) is 1. The van der Waals surface area contributed by atoms with E-state index in [0.717, 1.165) is 6.07 Å². The van der Waals surface area contributed by atoms with Crippen molar-refractivity contribution in [2.75, 3.05) is 7.11 Å². The van der Waals surface area contributed by atoms with Gasteiger partial charge in [-0.1, -0.05) is 11.6 Å². The summed E-state index contributed by atoms with van der Waals surface area (Å²) in [5.41, 5.74) is 0.267. The normalized spacial score (nSPS) is 9.77. The van der Waals surface area contributed by atoms with Crippen LogP contribution in [-0.4, -0.2) is 18.1 Å². The summed E-state index contributed by atoms with van der Waals surface area (Å²) >= 11 is 5.69. The average Bonchev–Trinajstić information content (AvgIpc) is 2.02. The maximum absolute atomic E-state index is 11.1. The van der Waals surface area contributed by atoms with Crippen LogP contribution in [0.4, 0.5) is 0 Å². The summed E-state index contributed by atoms with van der Waals surface area (Å²) in [6.45, 7) is 1.58. The summed E-state index contributed by atoms with van der Waals surface area (Å²) < 4.78 is 4.49. The van der Waals surface area contributed by atoms with Crippen molar-refractivity contribution in [2.45, 2.75) is 6.92 Å². The molecule has 0 saturated heterocycles. The molecule has 0 fully saturated rings. The molecule has 1 N–H and O–H groups in total. The Morgan fingerprint density at radius 3 is 2.69 bits per heavy atom. The molecule has 0 saturated carbocycles. The molecule has 4 nitrogen and oxygen atoms in total. The third-order valence-electron chi connectivity index (χ3n) is 1.57. The molecule has 0 atom stereocenters. The lowest BCUT2D eigenvalue weighted by Gasteiger charge is -2.04. The summed E-state index contributed by atoms with van der Waals surface area (Å²) in [6, 6.07) is 1.14. The van der Waals surface area contributed by atoms with Gasteiger partial charge >= 0.3 is 5.97 Å². The molecule has 5 heteroatoms. The third kappa shape index (κ3) is 1.89. The summed E-state index contributed by atoms with van der Waals surface area (Å²) in [5, 5.41) is 0.105. The van der Waals surface area contributed by atoms with Crippen LogP contribution in [0.15, 0.2) is 10.9 Å². The molecule has 1 aromatic rings. The van der Waals surface area contributed by atoms with Crippen molar-refractivity contribution in [2.24, 2.45) is 0 Å². The highest BCUT2D eigenvalue weighted by atomic mass is 35.5. The zero-order valence-electron chi connectivity index (χ0n) is 7.18. The van der Waals surface area contributed by atoms with Gasteiger partial charge in [-0.3, -0.25) is 4.79 Å². The number of esters is 1. The number of aromatic nitrogens is 1. The second-order valence-electron chi connectivity index (χ2n) is 2.47. The number of rotatable bonds is 1. The zero-order valence-corrected chi connectivity index (χ0v) is 7.94. The number of hydrogen-bond donors (Lipinski definition) is 1. The van der Waals surface area contributed by atoms with Crippen molar-refractivity contribution >= 4 is 17.6 Å². The first-order valence-corrected chi connectivity index (χ1v) is 3.91. The predicted molar refractivity (Wildman–Crippen MR) is 48.1 cm³/mol. The lowest BCUT2D eigenvalue weighted by molar-refractivity contribution is 0.0599. The lowest BCUT2D eigenvalue weighted by atomic mass is 10.2. The van der Waals surface area contributed by atoms with Gasteiger partial charge in [-0.2, -0.15) is 0 Å². The second-order valence-corrected chi connectivity index (χ2v) is 2.88. The second kappa shape index (κ2) is 3.62. The maximum Gasteiger partial charge on any atom is 0.341 e. The van der Waals surface area contributed by atoms with Gasteiger partial charge < -0.3 is 9.72 Å². The van der Waals surface area contributed by atoms with E-state index in [-0.39, 0.29) is 16.1 Å². The Kier molecular flexibility index (Phi) is 2.72. The van der Waals surface area contributed by atoms with Gasteiger partial charge in [0.15, 0.2) is 0 Å². The Morgan fingerprint density at radius 2 is 2.23 bits per heavy atom. The minimum absolute atomic E-state index is 0.105. The summed E-state index contributed by atoms with van der Waals surface area (Å²) in [4.78, 5) is 24.5. The van der Waals surface area contributed by atoms with Crippen molar-refractivity contribution in [1.29, 1.82) is 0 Å². The number of carbonyl (C=O) groups excluding carboxylic acids is 1. The van der Waals surface area contributed by atoms with E-state index in [4.69, 9.17) is 11.6 Å². The molecule has 0 aromatic carbocycles. The van der Waals surface area contributed by atoms with E-state index in [9.17, 15) is 9.59 Å². The molecule has 0 spiro atoms. The van der Waals surface area contributed by atoms with Crippen LogP contribution < -0.4 is 5.56 Å². The molecule has 70 valence electrons.